The van der Waals surface area contributed by atoms with Crippen LogP contribution in [-0.2, 0) is 19.9 Å². The molecule has 2 unspecified atom stereocenters. The van der Waals surface area contributed by atoms with Gasteiger partial charge < -0.3 is 19.5 Å². The third-order valence-electron chi connectivity index (χ3n) is 7.01. The van der Waals surface area contributed by atoms with Crippen molar-refractivity contribution in [1.29, 1.82) is 0 Å². The molecular formula is C31H32Cl2N2O4S. The average Bonchev–Trinajstić information content (AvgIpc) is 3.31. The molecule has 6 nitrogen and oxygen atoms in total. The van der Waals surface area contributed by atoms with Crippen LogP contribution in [-0.4, -0.2) is 41.4 Å². The van der Waals surface area contributed by atoms with E-state index < -0.39 is 23.3 Å². The Morgan fingerprint density at radius 3 is 2.35 bits per heavy atom. The summed E-state index contributed by atoms with van der Waals surface area (Å²) in [4.78, 5) is 19.9. The lowest BCUT2D eigenvalue weighted by Crippen LogP contribution is -2.48. The Kier molecular flexibility index (Phi) is 7.89. The molecule has 1 saturated heterocycles. The number of carboxylic acid groups (broad SMARTS) is 1. The van der Waals surface area contributed by atoms with Crippen molar-refractivity contribution in [2.24, 2.45) is 0 Å². The molecule has 210 valence electrons. The van der Waals surface area contributed by atoms with E-state index in [2.05, 4.69) is 11.8 Å². The number of hydrogen-bond acceptors (Lipinski definition) is 6. The normalized spacial score (nSPS) is 18.7. The number of aliphatic carboxylic acids is 1. The molecule has 40 heavy (non-hydrogen) atoms. The lowest BCUT2D eigenvalue weighted by Gasteiger charge is -2.40. The minimum Gasteiger partial charge on any atom is -0.479 e. The van der Waals surface area contributed by atoms with Gasteiger partial charge in [0.25, 0.3) is 0 Å². The van der Waals surface area contributed by atoms with Crippen LogP contribution >= 0.6 is 34.5 Å². The van der Waals surface area contributed by atoms with Crippen LogP contribution < -0.4 is 4.90 Å². The fourth-order valence-corrected chi connectivity index (χ4v) is 6.57. The van der Waals surface area contributed by atoms with Gasteiger partial charge in [0.2, 0.25) is 0 Å². The lowest BCUT2D eigenvalue weighted by atomic mass is 9.91. The number of morpholine rings is 1. The summed E-state index contributed by atoms with van der Waals surface area (Å²) in [5.74, 6) is -1.04. The second-order valence-corrected chi connectivity index (χ2v) is 13.1. The molecule has 0 saturated carbocycles. The van der Waals surface area contributed by atoms with E-state index in [1.165, 1.54) is 0 Å². The van der Waals surface area contributed by atoms with Crippen LogP contribution in [0.3, 0.4) is 0 Å². The Morgan fingerprint density at radius 1 is 1.12 bits per heavy atom. The van der Waals surface area contributed by atoms with E-state index in [4.69, 9.17) is 37.7 Å². The Balaban J connectivity index is 1.65. The summed E-state index contributed by atoms with van der Waals surface area (Å²) in [7, 11) is 0. The van der Waals surface area contributed by atoms with Gasteiger partial charge in [0.1, 0.15) is 5.60 Å². The molecule has 9 heteroatoms. The van der Waals surface area contributed by atoms with Crippen LogP contribution in [0.25, 0.3) is 21.3 Å². The topological polar surface area (TPSA) is 71.9 Å². The van der Waals surface area contributed by atoms with Crippen molar-refractivity contribution in [2.75, 3.05) is 24.6 Å². The van der Waals surface area contributed by atoms with Crippen molar-refractivity contribution in [3.05, 3.63) is 81.3 Å². The number of thiazole rings is 1. The largest absolute Gasteiger partial charge is 0.479 e. The molecule has 0 spiro atoms. The Hall–Kier alpha value is -2.68. The Labute approximate surface area is 248 Å². The van der Waals surface area contributed by atoms with Crippen LogP contribution in [0, 0.1) is 6.92 Å². The monoisotopic (exact) mass is 598 g/mol. The summed E-state index contributed by atoms with van der Waals surface area (Å²) in [5.41, 5.74) is 3.76. The number of ether oxygens (including phenoxy) is 2. The van der Waals surface area contributed by atoms with E-state index >= 15 is 0 Å². The van der Waals surface area contributed by atoms with Crippen molar-refractivity contribution in [3.63, 3.8) is 0 Å². The fraction of sp³-hybridized carbons (Fsp3) is 0.355. The predicted molar refractivity (Wildman–Crippen MR) is 163 cm³/mol. The lowest BCUT2D eigenvalue weighted by molar-refractivity contribution is -0.160. The maximum Gasteiger partial charge on any atom is 0.337 e. The zero-order chi connectivity index (χ0) is 28.8. The standard InChI is InChI=1S/C31H32Cl2N2O4S/c1-18-16-23-27(25(19-6-10-21(32)11-7-19)24(18)26(28(36)37)39-30(2,3)4)40-29(34-23)35-14-15-38-31(5,17-35)20-8-12-22(33)13-9-20/h6-13,16,26H,14-15,17H2,1-5H3,(H,36,37). The Morgan fingerprint density at radius 2 is 1.75 bits per heavy atom. The molecule has 1 aromatic heterocycles. The molecule has 0 aliphatic carbocycles. The molecule has 2 heterocycles. The van der Waals surface area contributed by atoms with Gasteiger partial charge in [-0.2, -0.15) is 0 Å². The number of rotatable bonds is 6. The minimum absolute atomic E-state index is 0.532. The van der Waals surface area contributed by atoms with Crippen LogP contribution in [0.1, 0.15) is 50.5 Å². The molecule has 1 aliphatic rings. The number of fused-ring (bicyclic) bond motifs is 1. The van der Waals surface area contributed by atoms with Crippen LogP contribution in [0.4, 0.5) is 5.13 Å². The summed E-state index contributed by atoms with van der Waals surface area (Å²) in [6, 6.07) is 17.2. The summed E-state index contributed by atoms with van der Waals surface area (Å²) in [6.07, 6.45) is -1.16. The van der Waals surface area contributed by atoms with Crippen molar-refractivity contribution in [2.45, 2.75) is 51.9 Å². The first-order chi connectivity index (χ1) is 18.8. The van der Waals surface area contributed by atoms with Crippen molar-refractivity contribution < 1.29 is 19.4 Å². The molecule has 0 radical (unpaired) electrons. The molecule has 3 aromatic carbocycles. The van der Waals surface area contributed by atoms with Crippen molar-refractivity contribution in [3.8, 4) is 11.1 Å². The number of aromatic nitrogens is 1. The van der Waals surface area contributed by atoms with Crippen molar-refractivity contribution in [1.82, 2.24) is 4.98 Å². The first kappa shape index (κ1) is 28.8. The molecule has 1 N–H and O–H groups in total. The summed E-state index contributed by atoms with van der Waals surface area (Å²) in [5, 5.41) is 12.4. The fourth-order valence-electron chi connectivity index (χ4n) is 5.17. The van der Waals surface area contributed by atoms with E-state index in [0.717, 1.165) is 37.6 Å². The molecule has 5 rings (SSSR count). The number of benzene rings is 3. The van der Waals surface area contributed by atoms with E-state index in [0.29, 0.717) is 35.3 Å². The van der Waals surface area contributed by atoms with Gasteiger partial charge in [0.15, 0.2) is 11.2 Å². The summed E-state index contributed by atoms with van der Waals surface area (Å²) in [6.45, 7) is 11.4. The van der Waals surface area contributed by atoms with E-state index in [1.807, 2.05) is 82.3 Å². The molecule has 0 amide bonds. The quantitative estimate of drug-likeness (QED) is 0.241. The number of anilines is 1. The number of nitrogens with zero attached hydrogens (tertiary/aromatic N) is 2. The van der Waals surface area contributed by atoms with Gasteiger partial charge in [-0.1, -0.05) is 58.8 Å². The first-order valence-corrected chi connectivity index (χ1v) is 14.7. The van der Waals surface area contributed by atoms with E-state index in [1.54, 1.807) is 11.3 Å². The third-order valence-corrected chi connectivity index (χ3v) is 8.66. The number of halogens is 2. The van der Waals surface area contributed by atoms with Crippen LogP contribution in [0.2, 0.25) is 10.0 Å². The third kappa shape index (κ3) is 5.85. The summed E-state index contributed by atoms with van der Waals surface area (Å²) < 4.78 is 13.3. The molecule has 2 atom stereocenters. The van der Waals surface area contributed by atoms with E-state index in [-0.39, 0.29) is 0 Å². The molecule has 1 fully saturated rings. The second-order valence-electron chi connectivity index (χ2n) is 11.3. The van der Waals surface area contributed by atoms with Gasteiger partial charge in [0.05, 0.1) is 29.0 Å². The highest BCUT2D eigenvalue weighted by molar-refractivity contribution is 7.22. The second kappa shape index (κ2) is 11.0. The summed E-state index contributed by atoms with van der Waals surface area (Å²) >= 11 is 13.9. The average molecular weight is 600 g/mol. The van der Waals surface area contributed by atoms with E-state index in [9.17, 15) is 9.90 Å². The van der Waals surface area contributed by atoms with Gasteiger partial charge in [0, 0.05) is 27.7 Å². The first-order valence-electron chi connectivity index (χ1n) is 13.1. The molecule has 0 bridgehead atoms. The zero-order valence-corrected chi connectivity index (χ0v) is 25.5. The highest BCUT2D eigenvalue weighted by atomic mass is 35.5. The molecule has 4 aromatic rings. The van der Waals surface area contributed by atoms with Gasteiger partial charge >= 0.3 is 5.97 Å². The van der Waals surface area contributed by atoms with Gasteiger partial charge in [-0.05, 0) is 81.6 Å². The predicted octanol–water partition coefficient (Wildman–Crippen LogP) is 8.27. The SMILES string of the molecule is Cc1cc2nc(N3CCOC(C)(c4ccc(Cl)cc4)C3)sc2c(-c2ccc(Cl)cc2)c1C(OC(C)(C)C)C(=O)O. The number of aryl methyl sites for hydroxylation is 1. The Bertz CT molecular complexity index is 1550. The maximum atomic E-state index is 12.6. The van der Waals surface area contributed by atoms with Crippen LogP contribution in [0.15, 0.2) is 54.6 Å². The molecular weight excluding hydrogens is 567 g/mol. The smallest absolute Gasteiger partial charge is 0.337 e. The molecule has 1 aliphatic heterocycles. The zero-order valence-electron chi connectivity index (χ0n) is 23.1. The minimum atomic E-state index is -1.16. The van der Waals surface area contributed by atoms with Gasteiger partial charge in [-0.15, -0.1) is 0 Å². The number of hydrogen-bond donors (Lipinski definition) is 1. The van der Waals surface area contributed by atoms with Crippen LogP contribution in [0.5, 0.6) is 0 Å². The highest BCUT2D eigenvalue weighted by Gasteiger charge is 2.36. The maximum absolute atomic E-state index is 12.6. The van der Waals surface area contributed by atoms with Gasteiger partial charge in [-0.25, -0.2) is 9.78 Å². The number of carbonyl (C=O) groups is 1. The van der Waals surface area contributed by atoms with Gasteiger partial charge in [-0.3, -0.25) is 0 Å². The highest BCUT2D eigenvalue weighted by Crippen LogP contribution is 2.45. The number of carboxylic acids is 1. The van der Waals surface area contributed by atoms with Crippen molar-refractivity contribution >= 4 is 55.9 Å².